The summed E-state index contributed by atoms with van der Waals surface area (Å²) in [5.74, 6) is 0.229. The van der Waals surface area contributed by atoms with Crippen molar-refractivity contribution in [3.63, 3.8) is 0 Å². The van der Waals surface area contributed by atoms with Crippen molar-refractivity contribution >= 4 is 17.5 Å². The molecular formula is C17H25ClN2O. The van der Waals surface area contributed by atoms with Crippen LogP contribution in [0.4, 0.5) is 0 Å². The summed E-state index contributed by atoms with van der Waals surface area (Å²) in [4.78, 5) is 14.8. The third-order valence-electron chi connectivity index (χ3n) is 4.19. The van der Waals surface area contributed by atoms with Gasteiger partial charge in [0.2, 0.25) is 5.91 Å². The summed E-state index contributed by atoms with van der Waals surface area (Å²) in [6.07, 6.45) is 2.06. The normalized spacial score (nSPS) is 20.3. The number of carbonyl (C=O) groups is 1. The Labute approximate surface area is 132 Å². The zero-order valence-electron chi connectivity index (χ0n) is 13.4. The standard InChI is InChI=1S/C17H25ClN2O/c1-12-8-14(10-15(18)9-12)17(2,3)19-16(21)13-6-5-7-20(4)11-13/h8-10,13H,5-7,11H2,1-4H3,(H,19,21). The molecule has 1 saturated heterocycles. The van der Waals surface area contributed by atoms with Crippen molar-refractivity contribution in [3.05, 3.63) is 34.3 Å². The number of amides is 1. The van der Waals surface area contributed by atoms with Gasteiger partial charge in [-0.15, -0.1) is 0 Å². The third-order valence-corrected chi connectivity index (χ3v) is 4.41. The van der Waals surface area contributed by atoms with Gasteiger partial charge in [-0.2, -0.15) is 0 Å². The minimum absolute atomic E-state index is 0.0864. The summed E-state index contributed by atoms with van der Waals surface area (Å²) < 4.78 is 0. The zero-order valence-corrected chi connectivity index (χ0v) is 14.1. The minimum Gasteiger partial charge on any atom is -0.347 e. The highest BCUT2D eigenvalue weighted by molar-refractivity contribution is 6.30. The average Bonchev–Trinajstić information content (AvgIpc) is 2.37. The molecule has 1 amide bonds. The highest BCUT2D eigenvalue weighted by Gasteiger charge is 2.29. The van der Waals surface area contributed by atoms with Gasteiger partial charge in [-0.1, -0.05) is 17.7 Å². The maximum absolute atomic E-state index is 12.5. The lowest BCUT2D eigenvalue weighted by Gasteiger charge is -2.33. The molecule has 1 aliphatic rings. The van der Waals surface area contributed by atoms with Crippen molar-refractivity contribution in [3.8, 4) is 0 Å². The maximum atomic E-state index is 12.5. The molecular weight excluding hydrogens is 284 g/mol. The Morgan fingerprint density at radius 2 is 2.10 bits per heavy atom. The van der Waals surface area contributed by atoms with E-state index in [9.17, 15) is 4.79 Å². The van der Waals surface area contributed by atoms with Crippen LogP contribution in [0.5, 0.6) is 0 Å². The first-order valence-electron chi connectivity index (χ1n) is 7.56. The summed E-state index contributed by atoms with van der Waals surface area (Å²) >= 11 is 6.14. The van der Waals surface area contributed by atoms with Crippen LogP contribution in [0.25, 0.3) is 0 Å². The Morgan fingerprint density at radius 1 is 1.38 bits per heavy atom. The number of nitrogens with zero attached hydrogens (tertiary/aromatic N) is 1. The molecule has 0 bridgehead atoms. The number of rotatable bonds is 3. The maximum Gasteiger partial charge on any atom is 0.225 e. The molecule has 1 unspecified atom stereocenters. The molecule has 0 aliphatic carbocycles. The molecule has 1 aromatic rings. The van der Waals surface area contributed by atoms with Gasteiger partial charge >= 0.3 is 0 Å². The lowest BCUT2D eigenvalue weighted by atomic mass is 9.90. The number of benzene rings is 1. The van der Waals surface area contributed by atoms with Crippen LogP contribution in [-0.2, 0) is 10.3 Å². The Hall–Kier alpha value is -1.06. The monoisotopic (exact) mass is 308 g/mol. The van der Waals surface area contributed by atoms with E-state index < -0.39 is 5.54 Å². The van der Waals surface area contributed by atoms with E-state index >= 15 is 0 Å². The molecule has 1 heterocycles. The Morgan fingerprint density at radius 3 is 2.71 bits per heavy atom. The molecule has 0 radical (unpaired) electrons. The van der Waals surface area contributed by atoms with E-state index in [-0.39, 0.29) is 11.8 Å². The van der Waals surface area contributed by atoms with Crippen LogP contribution in [0.1, 0.15) is 37.8 Å². The van der Waals surface area contributed by atoms with E-state index in [0.717, 1.165) is 37.1 Å². The second-order valence-electron chi connectivity index (χ2n) is 6.73. The van der Waals surface area contributed by atoms with Gasteiger partial charge in [0.25, 0.3) is 0 Å². The van der Waals surface area contributed by atoms with Crippen molar-refractivity contribution in [2.75, 3.05) is 20.1 Å². The summed E-state index contributed by atoms with van der Waals surface area (Å²) in [5.41, 5.74) is 1.74. The fourth-order valence-corrected chi connectivity index (χ4v) is 3.25. The van der Waals surface area contributed by atoms with Gasteiger partial charge in [-0.05, 0) is 70.5 Å². The Kier molecular flexibility index (Phi) is 4.95. The van der Waals surface area contributed by atoms with Gasteiger partial charge in [0, 0.05) is 11.6 Å². The number of aryl methyl sites for hydroxylation is 1. The highest BCUT2D eigenvalue weighted by atomic mass is 35.5. The van der Waals surface area contributed by atoms with Crippen LogP contribution in [-0.4, -0.2) is 30.9 Å². The van der Waals surface area contributed by atoms with Gasteiger partial charge < -0.3 is 10.2 Å². The quantitative estimate of drug-likeness (QED) is 0.929. The first-order chi connectivity index (χ1) is 9.78. The number of halogens is 1. The molecule has 0 spiro atoms. The molecule has 1 fully saturated rings. The van der Waals surface area contributed by atoms with Gasteiger partial charge in [0.05, 0.1) is 11.5 Å². The van der Waals surface area contributed by atoms with Crippen LogP contribution < -0.4 is 5.32 Å². The molecule has 0 aromatic heterocycles. The first-order valence-corrected chi connectivity index (χ1v) is 7.94. The van der Waals surface area contributed by atoms with E-state index in [0.29, 0.717) is 5.02 Å². The lowest BCUT2D eigenvalue weighted by Crippen LogP contribution is -2.48. The number of nitrogens with one attached hydrogen (secondary N) is 1. The summed E-state index contributed by atoms with van der Waals surface area (Å²) in [6, 6.07) is 5.94. The van der Waals surface area contributed by atoms with Crippen molar-refractivity contribution in [2.24, 2.45) is 5.92 Å². The Bertz CT molecular complexity index is 507. The third kappa shape index (κ3) is 4.21. The number of hydrogen-bond acceptors (Lipinski definition) is 2. The molecule has 1 aromatic carbocycles. The summed E-state index contributed by atoms with van der Waals surface area (Å²) in [5, 5.41) is 3.91. The SMILES string of the molecule is Cc1cc(Cl)cc(C(C)(C)NC(=O)C2CCCN(C)C2)c1. The highest BCUT2D eigenvalue weighted by Crippen LogP contribution is 2.26. The first kappa shape index (κ1) is 16.3. The Balaban J connectivity index is 2.10. The number of piperidine rings is 1. The molecule has 116 valence electrons. The number of hydrogen-bond donors (Lipinski definition) is 1. The van der Waals surface area contributed by atoms with E-state index in [1.807, 2.05) is 32.9 Å². The molecule has 0 saturated carbocycles. The largest absolute Gasteiger partial charge is 0.347 e. The fraction of sp³-hybridized carbons (Fsp3) is 0.588. The van der Waals surface area contributed by atoms with Crippen LogP contribution in [0, 0.1) is 12.8 Å². The summed E-state index contributed by atoms with van der Waals surface area (Å²) in [6.45, 7) is 8.01. The van der Waals surface area contributed by atoms with Crippen LogP contribution >= 0.6 is 11.6 Å². The molecule has 1 atom stereocenters. The van der Waals surface area contributed by atoms with E-state index in [1.165, 1.54) is 0 Å². The number of likely N-dealkylation sites (tertiary alicyclic amines) is 1. The van der Waals surface area contributed by atoms with Crippen molar-refractivity contribution in [2.45, 2.75) is 39.2 Å². The molecule has 21 heavy (non-hydrogen) atoms. The second-order valence-corrected chi connectivity index (χ2v) is 7.17. The molecule has 1 N–H and O–H groups in total. The summed E-state index contributed by atoms with van der Waals surface area (Å²) in [7, 11) is 2.07. The molecule has 3 nitrogen and oxygen atoms in total. The fourth-order valence-electron chi connectivity index (χ4n) is 2.96. The second kappa shape index (κ2) is 6.37. The van der Waals surface area contributed by atoms with Crippen LogP contribution in [0.3, 0.4) is 0 Å². The topological polar surface area (TPSA) is 32.3 Å². The zero-order chi connectivity index (χ0) is 15.6. The van der Waals surface area contributed by atoms with Gasteiger partial charge in [0.1, 0.15) is 0 Å². The predicted molar refractivity (Wildman–Crippen MR) is 87.6 cm³/mol. The van der Waals surface area contributed by atoms with Gasteiger partial charge in [-0.3, -0.25) is 4.79 Å². The smallest absolute Gasteiger partial charge is 0.225 e. The van der Waals surface area contributed by atoms with Gasteiger partial charge in [-0.25, -0.2) is 0 Å². The predicted octanol–water partition coefficient (Wildman–Crippen LogP) is 3.34. The average molecular weight is 309 g/mol. The van der Waals surface area contributed by atoms with Crippen molar-refractivity contribution < 1.29 is 4.79 Å². The molecule has 2 rings (SSSR count). The van der Waals surface area contributed by atoms with Crippen molar-refractivity contribution in [1.82, 2.24) is 10.2 Å². The molecule has 1 aliphatic heterocycles. The van der Waals surface area contributed by atoms with E-state index in [4.69, 9.17) is 11.6 Å². The lowest BCUT2D eigenvalue weighted by molar-refractivity contribution is -0.128. The van der Waals surface area contributed by atoms with Crippen LogP contribution in [0.15, 0.2) is 18.2 Å². The van der Waals surface area contributed by atoms with E-state index in [2.05, 4.69) is 23.3 Å². The minimum atomic E-state index is -0.414. The van der Waals surface area contributed by atoms with Crippen LogP contribution in [0.2, 0.25) is 5.02 Å². The number of carbonyl (C=O) groups excluding carboxylic acids is 1. The van der Waals surface area contributed by atoms with Crippen molar-refractivity contribution in [1.29, 1.82) is 0 Å². The van der Waals surface area contributed by atoms with E-state index in [1.54, 1.807) is 0 Å². The molecule has 4 heteroatoms. The van der Waals surface area contributed by atoms with Gasteiger partial charge in [0.15, 0.2) is 0 Å².